The third-order valence-electron chi connectivity index (χ3n) is 4.64. The van der Waals surface area contributed by atoms with Gasteiger partial charge in [-0.1, -0.05) is 23.2 Å². The summed E-state index contributed by atoms with van der Waals surface area (Å²) in [6.45, 7) is 1.94. The van der Waals surface area contributed by atoms with Crippen LogP contribution in [0.4, 0.5) is 0 Å². The van der Waals surface area contributed by atoms with Crippen LogP contribution in [0.15, 0.2) is 46.2 Å². The molecule has 8 heteroatoms. The predicted octanol–water partition coefficient (Wildman–Crippen LogP) is 5.04. The Hall–Kier alpha value is -1.34. The van der Waals surface area contributed by atoms with Gasteiger partial charge in [0.05, 0.1) is 11.1 Å². The van der Waals surface area contributed by atoms with Gasteiger partial charge in [-0.3, -0.25) is 9.59 Å². The molecule has 0 spiro atoms. The van der Waals surface area contributed by atoms with Gasteiger partial charge in [0.25, 0.3) is 11.8 Å². The van der Waals surface area contributed by atoms with E-state index >= 15 is 0 Å². The molecule has 1 aliphatic rings. The topological polar surface area (TPSA) is 40.6 Å². The third kappa shape index (κ3) is 4.62. The van der Waals surface area contributed by atoms with Crippen molar-refractivity contribution in [3.63, 3.8) is 0 Å². The van der Waals surface area contributed by atoms with Gasteiger partial charge < -0.3 is 9.80 Å². The van der Waals surface area contributed by atoms with E-state index in [2.05, 4.69) is 0 Å². The van der Waals surface area contributed by atoms with Crippen LogP contribution in [0.2, 0.25) is 10.0 Å². The Morgan fingerprint density at radius 2 is 1.11 bits per heavy atom. The zero-order valence-corrected chi connectivity index (χ0v) is 18.7. The van der Waals surface area contributed by atoms with Crippen LogP contribution in [-0.4, -0.2) is 60.3 Å². The number of piperazine rings is 1. The van der Waals surface area contributed by atoms with Crippen LogP contribution in [0.3, 0.4) is 0 Å². The maximum atomic E-state index is 13.0. The van der Waals surface area contributed by atoms with Crippen LogP contribution in [0.1, 0.15) is 20.7 Å². The van der Waals surface area contributed by atoms with E-state index in [9.17, 15) is 9.59 Å². The molecule has 0 radical (unpaired) electrons. The van der Waals surface area contributed by atoms with Crippen molar-refractivity contribution in [2.24, 2.45) is 0 Å². The zero-order chi connectivity index (χ0) is 20.3. The molecule has 0 N–H and O–H groups in total. The van der Waals surface area contributed by atoms with Crippen molar-refractivity contribution < 1.29 is 9.59 Å². The molecule has 2 aromatic rings. The fourth-order valence-electron chi connectivity index (χ4n) is 3.15. The molecule has 1 saturated heterocycles. The Labute approximate surface area is 183 Å². The summed E-state index contributed by atoms with van der Waals surface area (Å²) < 4.78 is 0. The standard InChI is InChI=1S/C20H20Cl2N2O2S2/c1-27-17-5-3-13(21)11-15(17)19(25)23-7-9-24(10-8-23)20(26)16-12-14(22)4-6-18(16)28-2/h3-6,11-12H,7-10H2,1-2H3. The van der Waals surface area contributed by atoms with Crippen molar-refractivity contribution in [2.45, 2.75) is 9.79 Å². The van der Waals surface area contributed by atoms with E-state index in [1.54, 1.807) is 34.1 Å². The molecule has 0 unspecified atom stereocenters. The molecule has 1 heterocycles. The highest BCUT2D eigenvalue weighted by molar-refractivity contribution is 7.99. The van der Waals surface area contributed by atoms with Crippen molar-refractivity contribution in [3.05, 3.63) is 57.6 Å². The molecule has 0 saturated carbocycles. The van der Waals surface area contributed by atoms with Crippen molar-refractivity contribution >= 4 is 58.5 Å². The van der Waals surface area contributed by atoms with Gasteiger partial charge in [0.1, 0.15) is 0 Å². The highest BCUT2D eigenvalue weighted by atomic mass is 35.5. The lowest BCUT2D eigenvalue weighted by Gasteiger charge is -2.35. The maximum Gasteiger partial charge on any atom is 0.255 e. The molecule has 1 fully saturated rings. The van der Waals surface area contributed by atoms with Gasteiger partial charge in [0.2, 0.25) is 0 Å². The molecule has 2 amide bonds. The first-order valence-corrected chi connectivity index (χ1v) is 11.9. The summed E-state index contributed by atoms with van der Waals surface area (Å²) in [5.74, 6) is -0.0991. The molecule has 0 aromatic heterocycles. The molecule has 0 bridgehead atoms. The number of carbonyl (C=O) groups excluding carboxylic acids is 2. The number of thioether (sulfide) groups is 2. The van der Waals surface area contributed by atoms with Gasteiger partial charge in [0, 0.05) is 46.0 Å². The summed E-state index contributed by atoms with van der Waals surface area (Å²) in [6, 6.07) is 10.7. The van der Waals surface area contributed by atoms with Crippen molar-refractivity contribution in [1.82, 2.24) is 9.80 Å². The van der Waals surface area contributed by atoms with Crippen LogP contribution >= 0.6 is 46.7 Å². The van der Waals surface area contributed by atoms with E-state index < -0.39 is 0 Å². The van der Waals surface area contributed by atoms with Crippen LogP contribution in [0.25, 0.3) is 0 Å². The fraction of sp³-hybridized carbons (Fsp3) is 0.300. The fourth-order valence-corrected chi connectivity index (χ4v) is 4.63. The first-order chi connectivity index (χ1) is 13.4. The smallest absolute Gasteiger partial charge is 0.255 e. The van der Waals surface area contributed by atoms with Gasteiger partial charge in [-0.05, 0) is 48.9 Å². The largest absolute Gasteiger partial charge is 0.335 e. The van der Waals surface area contributed by atoms with E-state index in [0.29, 0.717) is 47.4 Å². The lowest BCUT2D eigenvalue weighted by Crippen LogP contribution is -2.50. The Balaban J connectivity index is 1.71. The Morgan fingerprint density at radius 1 is 0.750 bits per heavy atom. The minimum Gasteiger partial charge on any atom is -0.335 e. The average molecular weight is 455 g/mol. The van der Waals surface area contributed by atoms with Gasteiger partial charge in [-0.25, -0.2) is 0 Å². The third-order valence-corrected chi connectivity index (χ3v) is 6.70. The minimum atomic E-state index is -0.0495. The van der Waals surface area contributed by atoms with Crippen molar-refractivity contribution in [2.75, 3.05) is 38.7 Å². The van der Waals surface area contributed by atoms with Crippen LogP contribution in [0, 0.1) is 0 Å². The Bertz CT molecular complexity index is 826. The first kappa shape index (κ1) is 21.4. The summed E-state index contributed by atoms with van der Waals surface area (Å²) in [4.78, 5) is 31.3. The number of nitrogens with zero attached hydrogens (tertiary/aromatic N) is 2. The molecular weight excluding hydrogens is 435 g/mol. The second-order valence-electron chi connectivity index (χ2n) is 6.27. The molecule has 0 aliphatic carbocycles. The maximum absolute atomic E-state index is 13.0. The molecule has 28 heavy (non-hydrogen) atoms. The number of amides is 2. The molecule has 1 aliphatic heterocycles. The quantitative estimate of drug-likeness (QED) is 0.606. The monoisotopic (exact) mass is 454 g/mol. The van der Waals surface area contributed by atoms with E-state index in [1.165, 1.54) is 23.5 Å². The second kappa shape index (κ2) is 9.44. The molecule has 4 nitrogen and oxygen atoms in total. The van der Waals surface area contributed by atoms with E-state index in [-0.39, 0.29) is 11.8 Å². The average Bonchev–Trinajstić information content (AvgIpc) is 2.72. The summed E-state index contributed by atoms with van der Waals surface area (Å²) in [7, 11) is 0. The van der Waals surface area contributed by atoms with E-state index in [0.717, 1.165) is 9.79 Å². The SMILES string of the molecule is CSc1ccc(Cl)cc1C(=O)N1CCN(C(=O)c2cc(Cl)ccc2SC)CC1. The molecule has 148 valence electrons. The van der Waals surface area contributed by atoms with Gasteiger partial charge in [-0.15, -0.1) is 23.5 Å². The zero-order valence-electron chi connectivity index (χ0n) is 15.6. The molecule has 0 atom stereocenters. The Morgan fingerprint density at radius 3 is 1.43 bits per heavy atom. The summed E-state index contributed by atoms with van der Waals surface area (Å²) in [5.41, 5.74) is 1.22. The lowest BCUT2D eigenvalue weighted by molar-refractivity contribution is 0.0532. The highest BCUT2D eigenvalue weighted by Crippen LogP contribution is 2.27. The number of hydrogen-bond donors (Lipinski definition) is 0. The molecule has 3 rings (SSSR count). The van der Waals surface area contributed by atoms with Gasteiger partial charge >= 0.3 is 0 Å². The van der Waals surface area contributed by atoms with Crippen LogP contribution < -0.4 is 0 Å². The van der Waals surface area contributed by atoms with Crippen molar-refractivity contribution in [3.8, 4) is 0 Å². The normalized spacial score (nSPS) is 14.3. The number of carbonyl (C=O) groups is 2. The number of halogens is 2. The minimum absolute atomic E-state index is 0.0495. The molecule has 2 aromatic carbocycles. The lowest BCUT2D eigenvalue weighted by atomic mass is 10.1. The number of rotatable bonds is 4. The van der Waals surface area contributed by atoms with Crippen LogP contribution in [0.5, 0.6) is 0 Å². The van der Waals surface area contributed by atoms with E-state index in [1.807, 2.05) is 24.6 Å². The van der Waals surface area contributed by atoms with E-state index in [4.69, 9.17) is 23.2 Å². The molecular formula is C20H20Cl2N2O2S2. The Kier molecular flexibility index (Phi) is 7.20. The summed E-state index contributed by atoms with van der Waals surface area (Å²) in [6.07, 6.45) is 3.87. The first-order valence-electron chi connectivity index (χ1n) is 8.70. The highest BCUT2D eigenvalue weighted by Gasteiger charge is 2.27. The second-order valence-corrected chi connectivity index (χ2v) is 8.84. The number of hydrogen-bond acceptors (Lipinski definition) is 4. The summed E-state index contributed by atoms with van der Waals surface area (Å²) >= 11 is 15.2. The predicted molar refractivity (Wildman–Crippen MR) is 118 cm³/mol. The number of benzene rings is 2. The van der Waals surface area contributed by atoms with Crippen LogP contribution in [-0.2, 0) is 0 Å². The van der Waals surface area contributed by atoms with Gasteiger partial charge in [0.15, 0.2) is 0 Å². The van der Waals surface area contributed by atoms with Crippen molar-refractivity contribution in [1.29, 1.82) is 0 Å². The van der Waals surface area contributed by atoms with Gasteiger partial charge in [-0.2, -0.15) is 0 Å². The summed E-state index contributed by atoms with van der Waals surface area (Å²) in [5, 5.41) is 1.08.